The van der Waals surface area contributed by atoms with Crippen LogP contribution in [0.2, 0.25) is 5.02 Å². The van der Waals surface area contributed by atoms with E-state index in [0.29, 0.717) is 5.02 Å². The zero-order valence-corrected chi connectivity index (χ0v) is 16.6. The maximum atomic E-state index is 13.2. The van der Waals surface area contributed by atoms with E-state index in [1.54, 1.807) is 0 Å². The topological polar surface area (TPSA) is 17.1 Å². The molecule has 138 valence electrons. The molecule has 2 aliphatic rings. The molecule has 28 heavy (non-hydrogen) atoms. The van der Waals surface area contributed by atoms with E-state index in [2.05, 4.69) is 48.6 Å². The molecule has 0 N–H and O–H groups in total. The third kappa shape index (κ3) is 2.82. The molecule has 5 rings (SSSR count). The number of ketones is 1. The Balaban J connectivity index is 1.63. The Kier molecular flexibility index (Phi) is 4.21. The molecular formula is C26H21ClO. The molecule has 0 fully saturated rings. The van der Waals surface area contributed by atoms with Crippen molar-refractivity contribution >= 4 is 29.5 Å². The van der Waals surface area contributed by atoms with Crippen molar-refractivity contribution in [3.05, 3.63) is 92.3 Å². The first kappa shape index (κ1) is 17.5. The number of Topliss-reactive ketones (excluding diaryl/α,β-unsaturated/α-hetero) is 1. The number of hydrogen-bond donors (Lipinski definition) is 0. The molecular weight excluding hydrogens is 364 g/mol. The lowest BCUT2D eigenvalue weighted by Crippen LogP contribution is -2.37. The number of rotatable bonds is 2. The minimum absolute atomic E-state index is 0.0792. The molecule has 0 saturated carbocycles. The second-order valence-electron chi connectivity index (χ2n) is 7.80. The summed E-state index contributed by atoms with van der Waals surface area (Å²) in [4.78, 5) is 13.2. The summed E-state index contributed by atoms with van der Waals surface area (Å²) in [5.41, 5.74) is 7.06. The second kappa shape index (κ2) is 6.76. The molecule has 3 aromatic carbocycles. The number of halogens is 1. The van der Waals surface area contributed by atoms with Gasteiger partial charge >= 0.3 is 0 Å². The van der Waals surface area contributed by atoms with Crippen molar-refractivity contribution in [1.29, 1.82) is 0 Å². The van der Waals surface area contributed by atoms with E-state index in [1.165, 1.54) is 32.7 Å². The number of aryl methyl sites for hydroxylation is 2. The lowest BCUT2D eigenvalue weighted by molar-refractivity contribution is 0.0946. The van der Waals surface area contributed by atoms with Gasteiger partial charge < -0.3 is 0 Å². The van der Waals surface area contributed by atoms with Gasteiger partial charge in [-0.25, -0.2) is 0 Å². The SMILES string of the molecule is Cc1cc(Cl)ccc1C(=O)C1C=c2c(ccc3c2=CCc2ccccc2-3)CC1. The van der Waals surface area contributed by atoms with Crippen molar-refractivity contribution in [1.82, 2.24) is 0 Å². The lowest BCUT2D eigenvalue weighted by Gasteiger charge is -2.22. The number of carbonyl (C=O) groups excluding carboxylic acids is 1. The van der Waals surface area contributed by atoms with Crippen LogP contribution in [0.1, 0.15) is 33.5 Å². The van der Waals surface area contributed by atoms with E-state index in [4.69, 9.17) is 11.6 Å². The fourth-order valence-corrected chi connectivity index (χ4v) is 4.86. The predicted molar refractivity (Wildman–Crippen MR) is 116 cm³/mol. The maximum absolute atomic E-state index is 13.2. The summed E-state index contributed by atoms with van der Waals surface area (Å²) in [5.74, 6) is 0.123. The van der Waals surface area contributed by atoms with E-state index < -0.39 is 0 Å². The molecule has 0 spiro atoms. The van der Waals surface area contributed by atoms with Crippen LogP contribution in [0, 0.1) is 12.8 Å². The highest BCUT2D eigenvalue weighted by Crippen LogP contribution is 2.27. The highest BCUT2D eigenvalue weighted by Gasteiger charge is 2.24. The van der Waals surface area contributed by atoms with Crippen LogP contribution in [0.3, 0.4) is 0 Å². The summed E-state index contributed by atoms with van der Waals surface area (Å²) in [6, 6.07) is 18.7. The van der Waals surface area contributed by atoms with E-state index in [-0.39, 0.29) is 11.7 Å². The average molecular weight is 385 g/mol. The van der Waals surface area contributed by atoms with Crippen molar-refractivity contribution in [2.45, 2.75) is 26.2 Å². The molecule has 0 aromatic heterocycles. The van der Waals surface area contributed by atoms with Gasteiger partial charge in [-0.15, -0.1) is 0 Å². The molecule has 0 aliphatic heterocycles. The van der Waals surface area contributed by atoms with Gasteiger partial charge in [0.1, 0.15) is 0 Å². The first-order chi connectivity index (χ1) is 13.6. The van der Waals surface area contributed by atoms with Crippen molar-refractivity contribution in [2.24, 2.45) is 5.92 Å². The maximum Gasteiger partial charge on any atom is 0.170 e. The summed E-state index contributed by atoms with van der Waals surface area (Å²) in [5, 5.41) is 3.22. The molecule has 2 aliphatic carbocycles. The molecule has 1 unspecified atom stereocenters. The molecule has 1 nitrogen and oxygen atoms in total. The first-order valence-electron chi connectivity index (χ1n) is 9.84. The van der Waals surface area contributed by atoms with Gasteiger partial charge in [0.25, 0.3) is 0 Å². The standard InChI is InChI=1S/C26H21ClO/c1-16-14-20(27)10-13-21(16)26(28)19-7-6-18-9-11-23-22-5-3-2-4-17(22)8-12-24(23)25(18)15-19/h2-5,9-15,19H,6-8H2,1H3. The molecule has 0 heterocycles. The van der Waals surface area contributed by atoms with Gasteiger partial charge in [-0.2, -0.15) is 0 Å². The van der Waals surface area contributed by atoms with Crippen LogP contribution in [-0.4, -0.2) is 5.78 Å². The molecule has 3 aromatic rings. The Hall–Kier alpha value is -2.64. The van der Waals surface area contributed by atoms with Crippen molar-refractivity contribution in [3.63, 3.8) is 0 Å². The molecule has 0 radical (unpaired) electrons. The van der Waals surface area contributed by atoms with E-state index >= 15 is 0 Å². The van der Waals surface area contributed by atoms with E-state index in [1.807, 2.05) is 25.1 Å². The van der Waals surface area contributed by atoms with Gasteiger partial charge in [-0.1, -0.05) is 60.2 Å². The van der Waals surface area contributed by atoms with Crippen molar-refractivity contribution in [3.8, 4) is 11.1 Å². The number of carbonyl (C=O) groups is 1. The van der Waals surface area contributed by atoms with Crippen LogP contribution in [-0.2, 0) is 12.8 Å². The molecule has 0 amide bonds. The van der Waals surface area contributed by atoms with Gasteiger partial charge in [0.15, 0.2) is 5.78 Å². The van der Waals surface area contributed by atoms with Crippen LogP contribution in [0.5, 0.6) is 0 Å². The quantitative estimate of drug-likeness (QED) is 0.575. The summed E-state index contributed by atoms with van der Waals surface area (Å²) < 4.78 is 0. The predicted octanol–water partition coefficient (Wildman–Crippen LogP) is 4.88. The average Bonchev–Trinajstić information content (AvgIpc) is 2.72. The monoisotopic (exact) mass is 384 g/mol. The second-order valence-corrected chi connectivity index (χ2v) is 8.24. The first-order valence-corrected chi connectivity index (χ1v) is 10.2. The van der Waals surface area contributed by atoms with Crippen LogP contribution < -0.4 is 10.4 Å². The highest BCUT2D eigenvalue weighted by atomic mass is 35.5. The summed E-state index contributed by atoms with van der Waals surface area (Å²) in [6.07, 6.45) is 7.29. The number of fused-ring (bicyclic) bond motifs is 5. The zero-order valence-electron chi connectivity index (χ0n) is 15.8. The minimum Gasteiger partial charge on any atom is -0.294 e. The van der Waals surface area contributed by atoms with Crippen LogP contribution in [0.15, 0.2) is 54.6 Å². The summed E-state index contributed by atoms with van der Waals surface area (Å²) >= 11 is 6.07. The van der Waals surface area contributed by atoms with Crippen molar-refractivity contribution < 1.29 is 4.79 Å². The van der Waals surface area contributed by atoms with Crippen LogP contribution >= 0.6 is 11.6 Å². The lowest BCUT2D eigenvalue weighted by atomic mass is 9.82. The minimum atomic E-state index is -0.0792. The summed E-state index contributed by atoms with van der Waals surface area (Å²) in [7, 11) is 0. The van der Waals surface area contributed by atoms with Crippen LogP contribution in [0.25, 0.3) is 23.3 Å². The molecule has 0 saturated heterocycles. The van der Waals surface area contributed by atoms with Gasteiger partial charge in [0.2, 0.25) is 0 Å². The van der Waals surface area contributed by atoms with Gasteiger partial charge in [-0.3, -0.25) is 4.79 Å². The Morgan fingerprint density at radius 2 is 1.82 bits per heavy atom. The molecule has 2 heteroatoms. The third-order valence-corrected chi connectivity index (χ3v) is 6.33. The van der Waals surface area contributed by atoms with Gasteiger partial charge in [-0.05, 0) is 82.6 Å². The van der Waals surface area contributed by atoms with Gasteiger partial charge in [0.05, 0.1) is 0 Å². The van der Waals surface area contributed by atoms with Crippen molar-refractivity contribution in [2.75, 3.05) is 0 Å². The van der Waals surface area contributed by atoms with E-state index in [9.17, 15) is 4.79 Å². The van der Waals surface area contributed by atoms with Crippen LogP contribution in [0.4, 0.5) is 0 Å². The third-order valence-electron chi connectivity index (χ3n) is 6.09. The highest BCUT2D eigenvalue weighted by molar-refractivity contribution is 6.30. The normalized spacial score (nSPS) is 16.9. The Morgan fingerprint density at radius 1 is 0.964 bits per heavy atom. The Labute approximate surface area is 170 Å². The number of benzene rings is 3. The Morgan fingerprint density at radius 3 is 2.68 bits per heavy atom. The molecule has 0 bridgehead atoms. The molecule has 1 atom stereocenters. The number of hydrogen-bond acceptors (Lipinski definition) is 1. The van der Waals surface area contributed by atoms with Gasteiger partial charge in [0, 0.05) is 16.5 Å². The largest absolute Gasteiger partial charge is 0.294 e. The zero-order chi connectivity index (χ0) is 19.3. The van der Waals surface area contributed by atoms with E-state index in [0.717, 1.165) is 30.4 Å². The fourth-order valence-electron chi connectivity index (χ4n) is 4.63. The Bertz CT molecular complexity index is 1240. The summed E-state index contributed by atoms with van der Waals surface area (Å²) in [6.45, 7) is 1.96. The fraction of sp³-hybridized carbons (Fsp3) is 0.192. The smallest absolute Gasteiger partial charge is 0.170 e.